The topological polar surface area (TPSA) is 88.6 Å². The number of H-pyrrole nitrogens is 1. The van der Waals surface area contributed by atoms with Crippen LogP contribution in [0.25, 0.3) is 5.69 Å². The molecule has 26 heavy (non-hydrogen) atoms. The maximum atomic E-state index is 6.15. The van der Waals surface area contributed by atoms with Crippen LogP contribution in [0.3, 0.4) is 0 Å². The number of nitrogens with zero attached hydrogens (tertiary/aromatic N) is 5. The number of benzene rings is 1. The van der Waals surface area contributed by atoms with Crippen molar-refractivity contribution in [2.75, 3.05) is 23.7 Å². The largest absolute Gasteiger partial charge is 0.369 e. The van der Waals surface area contributed by atoms with Crippen molar-refractivity contribution in [3.8, 4) is 5.69 Å². The van der Waals surface area contributed by atoms with Crippen LogP contribution >= 0.6 is 11.6 Å². The van der Waals surface area contributed by atoms with E-state index in [4.69, 9.17) is 17.3 Å². The first-order valence-electron chi connectivity index (χ1n) is 8.78. The fraction of sp³-hybridized carbons (Fsp3) is 0.389. The molecule has 0 unspecified atom stereocenters. The molecular weight excluding hydrogens is 350 g/mol. The van der Waals surface area contributed by atoms with E-state index >= 15 is 0 Å². The van der Waals surface area contributed by atoms with E-state index in [1.165, 1.54) is 0 Å². The van der Waals surface area contributed by atoms with Gasteiger partial charge in [0.2, 0.25) is 5.95 Å². The van der Waals surface area contributed by atoms with E-state index in [1.54, 1.807) is 0 Å². The first-order valence-corrected chi connectivity index (χ1v) is 9.15. The maximum absolute atomic E-state index is 6.15. The number of nitrogen functional groups attached to an aromatic ring is 1. The summed E-state index contributed by atoms with van der Waals surface area (Å²) in [6, 6.07) is 7.68. The van der Waals surface area contributed by atoms with Gasteiger partial charge in [-0.25, -0.2) is 4.98 Å². The Morgan fingerprint density at radius 1 is 1.19 bits per heavy atom. The van der Waals surface area contributed by atoms with Crippen molar-refractivity contribution < 1.29 is 0 Å². The number of rotatable bonds is 3. The average molecular weight is 372 g/mol. The number of imidazole rings is 1. The first kappa shape index (κ1) is 16.9. The van der Waals surface area contributed by atoms with Gasteiger partial charge in [-0.2, -0.15) is 9.67 Å². The lowest BCUT2D eigenvalue weighted by Gasteiger charge is -2.32. The smallest absolute Gasteiger partial charge is 0.228 e. The monoisotopic (exact) mass is 371 g/mol. The van der Waals surface area contributed by atoms with Crippen molar-refractivity contribution in [1.29, 1.82) is 0 Å². The average Bonchev–Trinajstić information content (AvgIpc) is 3.17. The third kappa shape index (κ3) is 3.14. The molecule has 1 fully saturated rings. The quantitative estimate of drug-likeness (QED) is 0.737. The number of nitrogens with one attached hydrogen (secondary N) is 1. The summed E-state index contributed by atoms with van der Waals surface area (Å²) in [6.07, 6.45) is 2.04. The standard InChI is InChI=1S/C18H22ClN7/c1-11-16(23-17(20)21-11)13-6-8-25(9-7-13)18-22-12(2)24-26(18)15-5-3-4-14(19)10-15/h3-5,10,13H,6-9H2,1-2H3,(H3,20,21,23). The minimum absolute atomic E-state index is 0.444. The molecule has 1 aromatic carbocycles. The molecule has 0 atom stereocenters. The van der Waals surface area contributed by atoms with Gasteiger partial charge in [0, 0.05) is 29.7 Å². The Morgan fingerprint density at radius 2 is 1.96 bits per heavy atom. The highest BCUT2D eigenvalue weighted by Gasteiger charge is 2.26. The van der Waals surface area contributed by atoms with Gasteiger partial charge in [0.25, 0.3) is 0 Å². The molecule has 1 aliphatic rings. The number of aromatic amines is 1. The van der Waals surface area contributed by atoms with Crippen molar-refractivity contribution in [3.63, 3.8) is 0 Å². The van der Waals surface area contributed by atoms with E-state index < -0.39 is 0 Å². The van der Waals surface area contributed by atoms with Crippen molar-refractivity contribution >= 4 is 23.5 Å². The lowest BCUT2D eigenvalue weighted by atomic mass is 9.93. The normalized spacial score (nSPS) is 15.6. The van der Waals surface area contributed by atoms with E-state index in [2.05, 4.69) is 25.0 Å². The first-order chi connectivity index (χ1) is 12.5. The number of aromatic nitrogens is 5. The Kier molecular flexibility index (Phi) is 4.32. The Labute approximate surface area is 157 Å². The zero-order valence-corrected chi connectivity index (χ0v) is 15.7. The number of hydrogen-bond donors (Lipinski definition) is 2. The van der Waals surface area contributed by atoms with Crippen LogP contribution in [0.4, 0.5) is 11.9 Å². The van der Waals surface area contributed by atoms with Crippen molar-refractivity contribution in [2.24, 2.45) is 0 Å². The lowest BCUT2D eigenvalue weighted by molar-refractivity contribution is 0.488. The van der Waals surface area contributed by atoms with Crippen LogP contribution in [0.2, 0.25) is 5.02 Å². The molecule has 1 aliphatic heterocycles. The zero-order chi connectivity index (χ0) is 18.3. The molecule has 3 heterocycles. The van der Waals surface area contributed by atoms with Crippen LogP contribution in [0.15, 0.2) is 24.3 Å². The number of aryl methyl sites for hydroxylation is 2. The number of piperidine rings is 1. The highest BCUT2D eigenvalue weighted by atomic mass is 35.5. The Bertz CT molecular complexity index is 922. The van der Waals surface area contributed by atoms with Gasteiger partial charge in [0.05, 0.1) is 11.4 Å². The predicted octanol–water partition coefficient (Wildman–Crippen LogP) is 3.23. The van der Waals surface area contributed by atoms with Gasteiger partial charge >= 0.3 is 0 Å². The van der Waals surface area contributed by atoms with Crippen LogP contribution in [-0.2, 0) is 0 Å². The minimum atomic E-state index is 0.444. The van der Waals surface area contributed by atoms with E-state index in [1.807, 2.05) is 42.8 Å². The third-order valence-electron chi connectivity index (χ3n) is 4.88. The molecule has 0 amide bonds. The van der Waals surface area contributed by atoms with E-state index in [0.29, 0.717) is 16.9 Å². The van der Waals surface area contributed by atoms with Gasteiger partial charge < -0.3 is 15.6 Å². The summed E-state index contributed by atoms with van der Waals surface area (Å²) >= 11 is 6.15. The third-order valence-corrected chi connectivity index (χ3v) is 5.11. The van der Waals surface area contributed by atoms with Crippen molar-refractivity contribution in [3.05, 3.63) is 46.5 Å². The second kappa shape index (κ2) is 6.64. The molecule has 0 spiro atoms. The molecule has 4 rings (SSSR count). The Morgan fingerprint density at radius 3 is 2.62 bits per heavy atom. The highest BCUT2D eigenvalue weighted by molar-refractivity contribution is 6.30. The van der Waals surface area contributed by atoms with Gasteiger partial charge in [-0.05, 0) is 44.9 Å². The molecule has 3 N–H and O–H groups in total. The summed E-state index contributed by atoms with van der Waals surface area (Å²) in [6.45, 7) is 5.73. The number of nitrogens with two attached hydrogens (primary N) is 1. The highest BCUT2D eigenvalue weighted by Crippen LogP contribution is 2.31. The number of anilines is 2. The zero-order valence-electron chi connectivity index (χ0n) is 14.9. The van der Waals surface area contributed by atoms with Crippen LogP contribution < -0.4 is 10.6 Å². The van der Waals surface area contributed by atoms with Crippen LogP contribution in [0.1, 0.15) is 36.0 Å². The lowest BCUT2D eigenvalue weighted by Crippen LogP contribution is -2.35. The van der Waals surface area contributed by atoms with Crippen LogP contribution in [0, 0.1) is 13.8 Å². The maximum Gasteiger partial charge on any atom is 0.228 e. The summed E-state index contributed by atoms with van der Waals surface area (Å²) in [7, 11) is 0. The number of hydrogen-bond acceptors (Lipinski definition) is 5. The summed E-state index contributed by atoms with van der Waals surface area (Å²) in [5, 5.41) is 5.25. The molecule has 136 valence electrons. The fourth-order valence-electron chi connectivity index (χ4n) is 3.65. The Hall–Kier alpha value is -2.54. The predicted molar refractivity (Wildman–Crippen MR) is 103 cm³/mol. The van der Waals surface area contributed by atoms with Gasteiger partial charge in [0.15, 0.2) is 5.95 Å². The molecular formula is C18H22ClN7. The summed E-state index contributed by atoms with van der Waals surface area (Å²) in [5.41, 5.74) is 8.88. The van der Waals surface area contributed by atoms with Gasteiger partial charge in [-0.1, -0.05) is 17.7 Å². The van der Waals surface area contributed by atoms with E-state index in [0.717, 1.165) is 54.8 Å². The molecule has 8 heteroatoms. The molecule has 0 saturated carbocycles. The second-order valence-corrected chi connectivity index (χ2v) is 7.17. The summed E-state index contributed by atoms with van der Waals surface area (Å²) < 4.78 is 1.88. The van der Waals surface area contributed by atoms with E-state index in [9.17, 15) is 0 Å². The van der Waals surface area contributed by atoms with Crippen LogP contribution in [0.5, 0.6) is 0 Å². The van der Waals surface area contributed by atoms with Crippen molar-refractivity contribution in [2.45, 2.75) is 32.6 Å². The van der Waals surface area contributed by atoms with Crippen LogP contribution in [-0.4, -0.2) is 37.8 Å². The van der Waals surface area contributed by atoms with E-state index in [-0.39, 0.29) is 0 Å². The van der Waals surface area contributed by atoms with Crippen molar-refractivity contribution in [1.82, 2.24) is 24.7 Å². The molecule has 3 aromatic rings. The molecule has 0 bridgehead atoms. The summed E-state index contributed by atoms with van der Waals surface area (Å²) in [4.78, 5) is 14.5. The molecule has 0 radical (unpaired) electrons. The summed E-state index contributed by atoms with van der Waals surface area (Å²) in [5.74, 6) is 2.55. The Balaban J connectivity index is 1.56. The molecule has 1 saturated heterocycles. The van der Waals surface area contributed by atoms with Gasteiger partial charge in [0.1, 0.15) is 5.82 Å². The van der Waals surface area contributed by atoms with Gasteiger partial charge in [-0.15, -0.1) is 5.10 Å². The molecule has 0 aliphatic carbocycles. The fourth-order valence-corrected chi connectivity index (χ4v) is 3.84. The molecule has 7 nitrogen and oxygen atoms in total. The number of halogens is 1. The minimum Gasteiger partial charge on any atom is -0.369 e. The SMILES string of the molecule is Cc1nc(N2CCC(c3[nH]c(N)nc3C)CC2)n(-c2cccc(Cl)c2)n1. The van der Waals surface area contributed by atoms with Gasteiger partial charge in [-0.3, -0.25) is 0 Å². The molecule has 2 aromatic heterocycles. The second-order valence-electron chi connectivity index (χ2n) is 6.73.